The molecule has 1 amide bonds. The molecule has 0 spiro atoms. The number of benzene rings is 2. The summed E-state index contributed by atoms with van der Waals surface area (Å²) < 4.78 is 5.72. The Morgan fingerprint density at radius 1 is 1.17 bits per heavy atom. The number of amides is 1. The Balaban J connectivity index is 1.94. The van der Waals surface area contributed by atoms with Crippen LogP contribution >= 0.6 is 11.6 Å². The normalized spacial score (nSPS) is 10.7. The number of ether oxygens (including phenoxy) is 1. The Morgan fingerprint density at radius 3 is 2.65 bits per heavy atom. The van der Waals surface area contributed by atoms with Gasteiger partial charge in [-0.3, -0.25) is 4.79 Å². The standard InChI is InChI=1S/C18H15ClN2O2/c1-11-12-6-2-4-8-14(12)21-15(17(11)19)10-23-16-9-5-3-7-13(16)18(20)22/h2-9H,10H2,1H3,(H2,20,22). The highest BCUT2D eigenvalue weighted by molar-refractivity contribution is 6.32. The zero-order valence-electron chi connectivity index (χ0n) is 12.5. The van der Waals surface area contributed by atoms with E-state index in [1.165, 1.54) is 0 Å². The zero-order valence-corrected chi connectivity index (χ0v) is 13.3. The van der Waals surface area contributed by atoms with Gasteiger partial charge in [0.05, 0.1) is 21.8 Å². The summed E-state index contributed by atoms with van der Waals surface area (Å²) in [6.45, 7) is 2.11. The number of aryl methyl sites for hydroxylation is 1. The molecule has 23 heavy (non-hydrogen) atoms. The molecular weight excluding hydrogens is 312 g/mol. The van der Waals surface area contributed by atoms with Gasteiger partial charge in [0.15, 0.2) is 0 Å². The molecule has 116 valence electrons. The van der Waals surface area contributed by atoms with E-state index >= 15 is 0 Å². The van der Waals surface area contributed by atoms with Crippen molar-refractivity contribution in [2.45, 2.75) is 13.5 Å². The summed E-state index contributed by atoms with van der Waals surface area (Å²) in [6, 6.07) is 14.6. The molecule has 0 saturated carbocycles. The fraction of sp³-hybridized carbons (Fsp3) is 0.111. The second-order valence-electron chi connectivity index (χ2n) is 5.16. The zero-order chi connectivity index (χ0) is 16.4. The van der Waals surface area contributed by atoms with Crippen LogP contribution in [-0.2, 0) is 6.61 Å². The topological polar surface area (TPSA) is 65.2 Å². The molecule has 1 heterocycles. The molecule has 0 radical (unpaired) electrons. The molecule has 2 aromatic carbocycles. The summed E-state index contributed by atoms with van der Waals surface area (Å²) in [5, 5.41) is 1.58. The van der Waals surface area contributed by atoms with Gasteiger partial charge in [-0.2, -0.15) is 0 Å². The third-order valence-electron chi connectivity index (χ3n) is 3.66. The Labute approximate surface area is 138 Å². The van der Waals surface area contributed by atoms with E-state index < -0.39 is 5.91 Å². The number of para-hydroxylation sites is 2. The van der Waals surface area contributed by atoms with Crippen molar-refractivity contribution in [3.05, 3.63) is 70.4 Å². The summed E-state index contributed by atoms with van der Waals surface area (Å²) in [7, 11) is 0. The van der Waals surface area contributed by atoms with Crippen molar-refractivity contribution in [1.29, 1.82) is 0 Å². The molecule has 0 fully saturated rings. The van der Waals surface area contributed by atoms with Crippen LogP contribution in [0.2, 0.25) is 5.02 Å². The second kappa shape index (κ2) is 6.26. The third kappa shape index (κ3) is 2.98. The predicted molar refractivity (Wildman–Crippen MR) is 90.8 cm³/mol. The lowest BCUT2D eigenvalue weighted by atomic mass is 10.1. The number of primary amides is 1. The average molecular weight is 327 g/mol. The first-order valence-electron chi connectivity index (χ1n) is 7.13. The van der Waals surface area contributed by atoms with Crippen LogP contribution in [0.1, 0.15) is 21.6 Å². The van der Waals surface area contributed by atoms with E-state index in [0.717, 1.165) is 16.5 Å². The number of halogens is 1. The van der Waals surface area contributed by atoms with Crippen LogP contribution in [0.4, 0.5) is 0 Å². The van der Waals surface area contributed by atoms with Gasteiger partial charge >= 0.3 is 0 Å². The van der Waals surface area contributed by atoms with E-state index in [9.17, 15) is 4.79 Å². The highest BCUT2D eigenvalue weighted by atomic mass is 35.5. The molecule has 1 aromatic heterocycles. The predicted octanol–water partition coefficient (Wildman–Crippen LogP) is 3.87. The number of rotatable bonds is 4. The maximum Gasteiger partial charge on any atom is 0.252 e. The average Bonchev–Trinajstić information content (AvgIpc) is 2.57. The van der Waals surface area contributed by atoms with Crippen molar-refractivity contribution in [3.63, 3.8) is 0 Å². The first kappa shape index (κ1) is 15.3. The first-order valence-corrected chi connectivity index (χ1v) is 7.51. The molecule has 5 heteroatoms. The molecule has 3 rings (SSSR count). The van der Waals surface area contributed by atoms with Crippen LogP contribution < -0.4 is 10.5 Å². The largest absolute Gasteiger partial charge is 0.486 e. The molecule has 0 aliphatic rings. The molecule has 0 aliphatic carbocycles. The Morgan fingerprint density at radius 2 is 1.87 bits per heavy atom. The Hall–Kier alpha value is -2.59. The van der Waals surface area contributed by atoms with Crippen molar-refractivity contribution in [2.75, 3.05) is 0 Å². The van der Waals surface area contributed by atoms with Crippen molar-refractivity contribution >= 4 is 28.4 Å². The smallest absolute Gasteiger partial charge is 0.252 e. The van der Waals surface area contributed by atoms with E-state index in [2.05, 4.69) is 4.98 Å². The molecule has 0 unspecified atom stereocenters. The van der Waals surface area contributed by atoms with Gasteiger partial charge in [0, 0.05) is 5.39 Å². The molecule has 0 atom stereocenters. The van der Waals surface area contributed by atoms with Crippen LogP contribution in [0.15, 0.2) is 48.5 Å². The van der Waals surface area contributed by atoms with Crippen molar-refractivity contribution in [3.8, 4) is 5.75 Å². The molecule has 0 aliphatic heterocycles. The fourth-order valence-corrected chi connectivity index (χ4v) is 2.65. The lowest BCUT2D eigenvalue weighted by molar-refractivity contribution is 0.0996. The molecule has 2 N–H and O–H groups in total. The maximum atomic E-state index is 11.4. The minimum Gasteiger partial charge on any atom is -0.486 e. The monoisotopic (exact) mass is 326 g/mol. The van der Waals surface area contributed by atoms with E-state index in [0.29, 0.717) is 22.0 Å². The number of nitrogens with two attached hydrogens (primary N) is 1. The number of hydrogen-bond acceptors (Lipinski definition) is 3. The van der Waals surface area contributed by atoms with E-state index in [1.54, 1.807) is 24.3 Å². The van der Waals surface area contributed by atoms with Gasteiger partial charge in [-0.05, 0) is 30.7 Å². The van der Waals surface area contributed by atoms with Gasteiger partial charge in [0.2, 0.25) is 0 Å². The van der Waals surface area contributed by atoms with Crippen molar-refractivity contribution in [2.24, 2.45) is 5.73 Å². The van der Waals surface area contributed by atoms with Gasteiger partial charge in [-0.25, -0.2) is 4.98 Å². The highest BCUT2D eigenvalue weighted by Gasteiger charge is 2.13. The Kier molecular flexibility index (Phi) is 4.17. The lowest BCUT2D eigenvalue weighted by Crippen LogP contribution is -2.13. The maximum absolute atomic E-state index is 11.4. The number of carbonyl (C=O) groups is 1. The number of pyridine rings is 1. The SMILES string of the molecule is Cc1c(Cl)c(COc2ccccc2C(N)=O)nc2ccccc12. The van der Waals surface area contributed by atoms with Crippen LogP contribution in [0.25, 0.3) is 10.9 Å². The number of hydrogen-bond donors (Lipinski definition) is 1. The summed E-state index contributed by atoms with van der Waals surface area (Å²) in [5.74, 6) is -0.113. The summed E-state index contributed by atoms with van der Waals surface area (Å²) >= 11 is 6.41. The minimum atomic E-state index is -0.533. The summed E-state index contributed by atoms with van der Waals surface area (Å²) in [5.41, 5.74) is 8.13. The van der Waals surface area contributed by atoms with Gasteiger partial charge in [-0.15, -0.1) is 0 Å². The summed E-state index contributed by atoms with van der Waals surface area (Å²) in [6.07, 6.45) is 0. The molecule has 0 bridgehead atoms. The van der Waals surface area contributed by atoms with Crippen molar-refractivity contribution < 1.29 is 9.53 Å². The summed E-state index contributed by atoms with van der Waals surface area (Å²) in [4.78, 5) is 16.0. The number of aromatic nitrogens is 1. The minimum absolute atomic E-state index is 0.162. The third-order valence-corrected chi connectivity index (χ3v) is 4.16. The number of nitrogens with zero attached hydrogens (tertiary/aromatic N) is 1. The van der Waals surface area contributed by atoms with Crippen LogP contribution in [0.5, 0.6) is 5.75 Å². The van der Waals surface area contributed by atoms with E-state index in [4.69, 9.17) is 22.1 Å². The van der Waals surface area contributed by atoms with E-state index in [1.807, 2.05) is 31.2 Å². The lowest BCUT2D eigenvalue weighted by Gasteiger charge is -2.12. The second-order valence-corrected chi connectivity index (χ2v) is 5.54. The van der Waals surface area contributed by atoms with Crippen molar-refractivity contribution in [1.82, 2.24) is 4.98 Å². The van der Waals surface area contributed by atoms with Crippen LogP contribution in [-0.4, -0.2) is 10.9 Å². The van der Waals surface area contributed by atoms with E-state index in [-0.39, 0.29) is 6.61 Å². The molecular formula is C18H15ClN2O2. The van der Waals surface area contributed by atoms with Gasteiger partial charge in [0.1, 0.15) is 12.4 Å². The van der Waals surface area contributed by atoms with Crippen LogP contribution in [0.3, 0.4) is 0 Å². The van der Waals surface area contributed by atoms with Gasteiger partial charge in [0.25, 0.3) is 5.91 Å². The molecule has 3 aromatic rings. The van der Waals surface area contributed by atoms with Crippen LogP contribution in [0, 0.1) is 6.92 Å². The van der Waals surface area contributed by atoms with Gasteiger partial charge < -0.3 is 10.5 Å². The van der Waals surface area contributed by atoms with Gasteiger partial charge in [-0.1, -0.05) is 41.9 Å². The Bertz CT molecular complexity index is 893. The molecule has 4 nitrogen and oxygen atoms in total. The fourth-order valence-electron chi connectivity index (χ4n) is 2.46. The number of carbonyl (C=O) groups excluding carboxylic acids is 1. The number of fused-ring (bicyclic) bond motifs is 1. The highest BCUT2D eigenvalue weighted by Crippen LogP contribution is 2.28. The molecule has 0 saturated heterocycles. The quantitative estimate of drug-likeness (QED) is 0.791. The first-order chi connectivity index (χ1) is 11.1.